The number of rotatable bonds is 1. The molecule has 1 rings (SSSR count). The Kier molecular flexibility index (Phi) is 2.02. The fraction of sp³-hybridized carbons (Fsp3) is 0.600. The van der Waals surface area contributed by atoms with E-state index in [1.54, 1.807) is 0 Å². The Morgan fingerprint density at radius 3 is 3.00 bits per heavy atom. The van der Waals surface area contributed by atoms with E-state index in [2.05, 4.69) is 22.6 Å². The van der Waals surface area contributed by atoms with Crippen LogP contribution >= 0.6 is 0 Å². The molecule has 1 aliphatic heterocycles. The molecule has 0 bridgehead atoms. The Balaban J connectivity index is 2.28. The van der Waals surface area contributed by atoms with E-state index < -0.39 is 0 Å². The average molecular weight is 211 g/mol. The van der Waals surface area contributed by atoms with Gasteiger partial charge < -0.3 is 0 Å². The Hall–Kier alpha value is 0.330. The summed E-state index contributed by atoms with van der Waals surface area (Å²) in [5, 5.41) is 3.18. The van der Waals surface area contributed by atoms with Crippen LogP contribution in [0.15, 0.2) is 12.3 Å². The molecule has 7 heavy (non-hydrogen) atoms. The van der Waals surface area contributed by atoms with Crippen LogP contribution in [0.1, 0.15) is 0 Å². The number of nitrogens with one attached hydrogen (secondary N) is 1. The maximum absolute atomic E-state index is 3.18. The molecule has 1 nitrogen and oxygen atoms in total. The van der Waals surface area contributed by atoms with E-state index in [4.69, 9.17) is 0 Å². The van der Waals surface area contributed by atoms with Crippen LogP contribution in [0.25, 0.3) is 0 Å². The van der Waals surface area contributed by atoms with Crippen LogP contribution in [-0.4, -0.2) is 27.5 Å². The molecule has 0 radical (unpaired) electrons. The second-order valence-electron chi connectivity index (χ2n) is 1.54. The molecule has 1 aliphatic rings. The molecular formula is C5H9NTe. The second kappa shape index (κ2) is 2.59. The predicted octanol–water partition coefficient (Wildman–Crippen LogP) is 0.644. The van der Waals surface area contributed by atoms with Crippen LogP contribution in [0.3, 0.4) is 0 Å². The normalized spacial score (nSPS) is 27.9. The molecule has 40 valence electrons. The fourth-order valence-electron chi connectivity index (χ4n) is 0.590. The first-order valence-corrected chi connectivity index (χ1v) is 6.04. The summed E-state index contributed by atoms with van der Waals surface area (Å²) in [5.74, 6) is 0. The topological polar surface area (TPSA) is 12.0 Å². The van der Waals surface area contributed by atoms with Crippen LogP contribution in [-0.2, 0) is 0 Å². The van der Waals surface area contributed by atoms with Crippen molar-refractivity contribution < 1.29 is 0 Å². The Labute approximate surface area is 54.3 Å². The summed E-state index contributed by atoms with van der Waals surface area (Å²) in [6.45, 7) is 1.21. The van der Waals surface area contributed by atoms with Gasteiger partial charge in [-0.05, 0) is 0 Å². The third-order valence-electron chi connectivity index (χ3n) is 1.05. The molecule has 0 saturated carbocycles. The zero-order valence-corrected chi connectivity index (χ0v) is 6.68. The zero-order chi connectivity index (χ0) is 5.11. The summed E-state index contributed by atoms with van der Waals surface area (Å²) in [5.41, 5.74) is 0. The van der Waals surface area contributed by atoms with Gasteiger partial charge in [-0.1, -0.05) is 0 Å². The van der Waals surface area contributed by atoms with Crippen molar-refractivity contribution in [2.24, 2.45) is 0 Å². The maximum atomic E-state index is 3.18. The molecule has 0 spiro atoms. The molecule has 0 aromatic rings. The van der Waals surface area contributed by atoms with E-state index in [0.29, 0.717) is 20.9 Å². The molecule has 0 amide bonds. The average Bonchev–Trinajstić information content (AvgIpc) is 2.14. The van der Waals surface area contributed by atoms with E-state index in [0.717, 1.165) is 3.97 Å². The Morgan fingerprint density at radius 2 is 2.71 bits per heavy atom. The van der Waals surface area contributed by atoms with E-state index in [1.807, 2.05) is 0 Å². The molecule has 1 unspecified atom stereocenters. The fourth-order valence-corrected chi connectivity index (χ4v) is 2.01. The number of hydrogen-bond donors (Lipinski definition) is 1. The van der Waals surface area contributed by atoms with Crippen molar-refractivity contribution in [2.45, 2.75) is 8.94 Å². The van der Waals surface area contributed by atoms with Crippen molar-refractivity contribution in [3.63, 3.8) is 0 Å². The van der Waals surface area contributed by atoms with Crippen LogP contribution in [0, 0.1) is 0 Å². The SMILES string of the molecule is C[Te]C1C=CNC1. The molecule has 0 aromatic heterocycles. The molecular weight excluding hydrogens is 202 g/mol. The Bertz CT molecular complexity index is 80.1. The minimum absolute atomic E-state index is 0.307. The third-order valence-corrected chi connectivity index (χ3v) is 3.70. The van der Waals surface area contributed by atoms with Gasteiger partial charge >= 0.3 is 54.0 Å². The molecule has 0 aliphatic carbocycles. The summed E-state index contributed by atoms with van der Waals surface area (Å²) in [6.07, 6.45) is 4.35. The van der Waals surface area contributed by atoms with Gasteiger partial charge in [0, 0.05) is 0 Å². The van der Waals surface area contributed by atoms with Crippen LogP contribution in [0.2, 0.25) is 8.94 Å². The summed E-state index contributed by atoms with van der Waals surface area (Å²) in [4.78, 5) is 2.34. The standard InChI is InChI=1S/C5H9NTe/c1-7-5-2-3-6-4-5/h2-3,5-6H,4H2,1H3. The van der Waals surface area contributed by atoms with Gasteiger partial charge in [-0.15, -0.1) is 0 Å². The van der Waals surface area contributed by atoms with Crippen molar-refractivity contribution in [1.82, 2.24) is 5.32 Å². The van der Waals surface area contributed by atoms with E-state index >= 15 is 0 Å². The Morgan fingerprint density at radius 1 is 1.86 bits per heavy atom. The van der Waals surface area contributed by atoms with Crippen molar-refractivity contribution in [2.75, 3.05) is 6.54 Å². The van der Waals surface area contributed by atoms with Gasteiger partial charge in [0.15, 0.2) is 0 Å². The number of hydrogen-bond acceptors (Lipinski definition) is 1. The van der Waals surface area contributed by atoms with Gasteiger partial charge in [-0.3, -0.25) is 0 Å². The quantitative estimate of drug-likeness (QED) is 0.627. The van der Waals surface area contributed by atoms with Crippen molar-refractivity contribution in [1.29, 1.82) is 0 Å². The molecule has 1 atom stereocenters. The monoisotopic (exact) mass is 213 g/mol. The zero-order valence-electron chi connectivity index (χ0n) is 4.35. The van der Waals surface area contributed by atoms with Crippen LogP contribution < -0.4 is 5.32 Å². The van der Waals surface area contributed by atoms with Crippen molar-refractivity contribution in [3.8, 4) is 0 Å². The van der Waals surface area contributed by atoms with Crippen molar-refractivity contribution >= 4 is 20.9 Å². The first-order chi connectivity index (χ1) is 3.43. The minimum atomic E-state index is 0.307. The first-order valence-electron chi connectivity index (χ1n) is 2.36. The van der Waals surface area contributed by atoms with E-state index in [-0.39, 0.29) is 0 Å². The predicted molar refractivity (Wildman–Crippen MR) is 32.5 cm³/mol. The molecule has 0 saturated heterocycles. The van der Waals surface area contributed by atoms with Gasteiger partial charge in [0.25, 0.3) is 0 Å². The van der Waals surface area contributed by atoms with E-state index in [1.165, 1.54) is 6.54 Å². The first kappa shape index (κ1) is 5.47. The van der Waals surface area contributed by atoms with Crippen molar-refractivity contribution in [3.05, 3.63) is 12.3 Å². The summed E-state index contributed by atoms with van der Waals surface area (Å²) in [6, 6.07) is 0. The third kappa shape index (κ3) is 1.36. The van der Waals surface area contributed by atoms with Gasteiger partial charge in [-0.2, -0.15) is 0 Å². The van der Waals surface area contributed by atoms with Gasteiger partial charge in [-0.25, -0.2) is 0 Å². The summed E-state index contributed by atoms with van der Waals surface area (Å²) < 4.78 is 0.936. The second-order valence-corrected chi connectivity index (χ2v) is 4.62. The van der Waals surface area contributed by atoms with Gasteiger partial charge in [0.1, 0.15) is 0 Å². The molecule has 1 heterocycles. The molecule has 1 N–H and O–H groups in total. The van der Waals surface area contributed by atoms with E-state index in [9.17, 15) is 0 Å². The van der Waals surface area contributed by atoms with Crippen LogP contribution in [0.5, 0.6) is 0 Å². The summed E-state index contributed by atoms with van der Waals surface area (Å²) in [7, 11) is 0. The molecule has 0 fully saturated rings. The van der Waals surface area contributed by atoms with Crippen LogP contribution in [0.4, 0.5) is 0 Å². The molecule has 2 heteroatoms. The molecule has 0 aromatic carbocycles. The summed E-state index contributed by atoms with van der Waals surface area (Å²) >= 11 is 0.307. The van der Waals surface area contributed by atoms with Gasteiger partial charge in [0.05, 0.1) is 0 Å². The van der Waals surface area contributed by atoms with Gasteiger partial charge in [0.2, 0.25) is 0 Å².